The van der Waals surface area contributed by atoms with Crippen LogP contribution in [0, 0.1) is 0 Å². The summed E-state index contributed by atoms with van der Waals surface area (Å²) < 4.78 is 10.6. The highest BCUT2D eigenvalue weighted by Crippen LogP contribution is 2.14. The Morgan fingerprint density at radius 1 is 1.11 bits per heavy atom. The van der Waals surface area contributed by atoms with E-state index in [1.807, 2.05) is 24.3 Å². The summed E-state index contributed by atoms with van der Waals surface area (Å²) in [5.41, 5.74) is 2.32. The number of carbonyl (C=O) groups is 2. The van der Waals surface area contributed by atoms with Crippen molar-refractivity contribution in [1.82, 2.24) is 5.32 Å². The molecule has 1 atom stereocenters. The van der Waals surface area contributed by atoms with Gasteiger partial charge in [0.2, 0.25) is 5.91 Å². The van der Waals surface area contributed by atoms with Gasteiger partial charge in [-0.2, -0.15) is 0 Å². The van der Waals surface area contributed by atoms with Gasteiger partial charge in [0.05, 0.1) is 13.2 Å². The Kier molecular flexibility index (Phi) is 7.03. The lowest BCUT2D eigenvalue weighted by molar-refractivity contribution is -0.116. The monoisotopic (exact) mass is 382 g/mol. The lowest BCUT2D eigenvalue weighted by Crippen LogP contribution is -2.31. The highest BCUT2D eigenvalue weighted by molar-refractivity contribution is 5.95. The molecular formula is C22H26N2O4. The summed E-state index contributed by atoms with van der Waals surface area (Å²) in [6, 6.07) is 14.6. The molecule has 1 fully saturated rings. The fraction of sp³-hybridized carbons (Fsp3) is 0.364. The van der Waals surface area contributed by atoms with Gasteiger partial charge in [-0.05, 0) is 61.2 Å². The molecule has 0 unspecified atom stereocenters. The maximum atomic E-state index is 12.2. The van der Waals surface area contributed by atoms with Gasteiger partial charge >= 0.3 is 0 Å². The standard InChI is InChI=1S/C22H26N2O4/c1-27-19-11-4-16(5-12-19)6-13-21(25)24-18-9-7-17(8-10-18)22(26)23-15-20-3-2-14-28-20/h4-5,7-12,20H,2-3,6,13-15H2,1H3,(H,23,26)(H,24,25)/t20-/m1/s1. The molecule has 1 heterocycles. The molecule has 0 aromatic heterocycles. The molecule has 3 rings (SSSR count). The molecule has 0 spiro atoms. The molecule has 2 amide bonds. The predicted octanol–water partition coefficient (Wildman–Crippen LogP) is 3.18. The summed E-state index contributed by atoms with van der Waals surface area (Å²) in [7, 11) is 1.63. The van der Waals surface area contributed by atoms with Crippen LogP contribution in [0.2, 0.25) is 0 Å². The molecule has 2 N–H and O–H groups in total. The van der Waals surface area contributed by atoms with Crippen LogP contribution in [0.4, 0.5) is 5.69 Å². The third kappa shape index (κ3) is 5.82. The summed E-state index contributed by atoms with van der Waals surface area (Å²) in [6.45, 7) is 1.30. The van der Waals surface area contributed by atoms with Crippen molar-refractivity contribution in [2.45, 2.75) is 31.8 Å². The highest BCUT2D eigenvalue weighted by Gasteiger charge is 2.16. The largest absolute Gasteiger partial charge is 0.497 e. The van der Waals surface area contributed by atoms with Crippen LogP contribution in [0.25, 0.3) is 0 Å². The van der Waals surface area contributed by atoms with Crippen molar-refractivity contribution in [3.63, 3.8) is 0 Å². The van der Waals surface area contributed by atoms with Crippen molar-refractivity contribution >= 4 is 17.5 Å². The van der Waals surface area contributed by atoms with Crippen LogP contribution in [-0.2, 0) is 16.0 Å². The number of benzene rings is 2. The van der Waals surface area contributed by atoms with E-state index in [4.69, 9.17) is 9.47 Å². The van der Waals surface area contributed by atoms with Gasteiger partial charge in [0, 0.05) is 30.8 Å². The maximum absolute atomic E-state index is 12.2. The van der Waals surface area contributed by atoms with Crippen molar-refractivity contribution in [1.29, 1.82) is 0 Å². The summed E-state index contributed by atoms with van der Waals surface area (Å²) in [6.07, 6.45) is 3.19. The molecule has 1 saturated heterocycles. The normalized spacial score (nSPS) is 15.8. The lowest BCUT2D eigenvalue weighted by atomic mass is 10.1. The summed E-state index contributed by atoms with van der Waals surface area (Å²) in [5, 5.41) is 5.75. The zero-order valence-electron chi connectivity index (χ0n) is 16.1. The molecule has 2 aromatic carbocycles. The third-order valence-electron chi connectivity index (χ3n) is 4.74. The second kappa shape index (κ2) is 9.90. The quantitative estimate of drug-likeness (QED) is 0.735. The summed E-state index contributed by atoms with van der Waals surface area (Å²) >= 11 is 0. The van der Waals surface area contributed by atoms with Crippen LogP contribution in [-0.4, -0.2) is 38.2 Å². The zero-order valence-corrected chi connectivity index (χ0v) is 16.1. The molecule has 0 bridgehead atoms. The maximum Gasteiger partial charge on any atom is 0.251 e. The molecule has 6 nitrogen and oxygen atoms in total. The molecule has 6 heteroatoms. The van der Waals surface area contributed by atoms with Crippen molar-refractivity contribution in [2.75, 3.05) is 25.6 Å². The Morgan fingerprint density at radius 2 is 1.86 bits per heavy atom. The number of methoxy groups -OCH3 is 1. The van der Waals surface area contributed by atoms with E-state index in [0.29, 0.717) is 30.6 Å². The van der Waals surface area contributed by atoms with Crippen LogP contribution in [0.5, 0.6) is 5.75 Å². The molecular weight excluding hydrogens is 356 g/mol. The van der Waals surface area contributed by atoms with E-state index in [9.17, 15) is 9.59 Å². The number of hydrogen-bond acceptors (Lipinski definition) is 4. The second-order valence-corrected chi connectivity index (χ2v) is 6.82. The Morgan fingerprint density at radius 3 is 2.50 bits per heavy atom. The lowest BCUT2D eigenvalue weighted by Gasteiger charge is -2.11. The molecule has 28 heavy (non-hydrogen) atoms. The summed E-state index contributed by atoms with van der Waals surface area (Å²) in [5.74, 6) is 0.604. The van der Waals surface area contributed by atoms with Gasteiger partial charge < -0.3 is 20.1 Å². The van der Waals surface area contributed by atoms with E-state index in [2.05, 4.69) is 10.6 Å². The van der Waals surface area contributed by atoms with Gasteiger partial charge in [-0.3, -0.25) is 9.59 Å². The number of rotatable bonds is 8. The topological polar surface area (TPSA) is 76.7 Å². The minimum Gasteiger partial charge on any atom is -0.497 e. The Hall–Kier alpha value is -2.86. The molecule has 1 aliphatic rings. The minimum atomic E-state index is -0.132. The Balaban J connectivity index is 1.43. The zero-order chi connectivity index (χ0) is 19.8. The van der Waals surface area contributed by atoms with E-state index in [1.165, 1.54) is 0 Å². The van der Waals surface area contributed by atoms with Crippen molar-refractivity contribution < 1.29 is 19.1 Å². The number of ether oxygens (including phenoxy) is 2. The van der Waals surface area contributed by atoms with Crippen LogP contribution in [0.15, 0.2) is 48.5 Å². The first-order chi connectivity index (χ1) is 13.6. The number of nitrogens with one attached hydrogen (secondary N) is 2. The molecule has 1 aliphatic heterocycles. The van der Waals surface area contributed by atoms with Crippen LogP contribution >= 0.6 is 0 Å². The Labute approximate surface area is 165 Å². The van der Waals surface area contributed by atoms with Crippen LogP contribution < -0.4 is 15.4 Å². The smallest absolute Gasteiger partial charge is 0.251 e. The fourth-order valence-electron chi connectivity index (χ4n) is 3.09. The van der Waals surface area contributed by atoms with E-state index < -0.39 is 0 Å². The first-order valence-corrected chi connectivity index (χ1v) is 9.56. The molecule has 2 aromatic rings. The predicted molar refractivity (Wildman–Crippen MR) is 108 cm³/mol. The van der Waals surface area contributed by atoms with Gasteiger partial charge in [-0.25, -0.2) is 0 Å². The van der Waals surface area contributed by atoms with Crippen molar-refractivity contribution in [3.05, 3.63) is 59.7 Å². The van der Waals surface area contributed by atoms with Gasteiger partial charge in [-0.15, -0.1) is 0 Å². The summed E-state index contributed by atoms with van der Waals surface area (Å²) in [4.78, 5) is 24.3. The minimum absolute atomic E-state index is 0.0635. The van der Waals surface area contributed by atoms with Gasteiger partial charge in [0.15, 0.2) is 0 Å². The molecule has 148 valence electrons. The average Bonchev–Trinajstić information content (AvgIpc) is 3.25. The SMILES string of the molecule is COc1ccc(CCC(=O)Nc2ccc(C(=O)NC[C@H]3CCCO3)cc2)cc1. The van der Waals surface area contributed by atoms with E-state index >= 15 is 0 Å². The number of amides is 2. The first kappa shape index (κ1) is 19.9. The first-order valence-electron chi connectivity index (χ1n) is 9.56. The van der Waals surface area contributed by atoms with E-state index in [-0.39, 0.29) is 17.9 Å². The van der Waals surface area contributed by atoms with Gasteiger partial charge in [-0.1, -0.05) is 12.1 Å². The van der Waals surface area contributed by atoms with Gasteiger partial charge in [0.25, 0.3) is 5.91 Å². The average molecular weight is 382 g/mol. The van der Waals surface area contributed by atoms with Crippen molar-refractivity contribution in [2.24, 2.45) is 0 Å². The number of anilines is 1. The van der Waals surface area contributed by atoms with Crippen LogP contribution in [0.1, 0.15) is 35.2 Å². The number of hydrogen-bond donors (Lipinski definition) is 2. The van der Waals surface area contributed by atoms with E-state index in [1.54, 1.807) is 31.4 Å². The van der Waals surface area contributed by atoms with Crippen LogP contribution in [0.3, 0.4) is 0 Å². The number of carbonyl (C=O) groups excluding carboxylic acids is 2. The third-order valence-corrected chi connectivity index (χ3v) is 4.74. The second-order valence-electron chi connectivity index (χ2n) is 6.82. The Bertz CT molecular complexity index is 781. The van der Waals surface area contributed by atoms with Crippen molar-refractivity contribution in [3.8, 4) is 5.75 Å². The number of aryl methyl sites for hydroxylation is 1. The van der Waals surface area contributed by atoms with E-state index in [0.717, 1.165) is 30.8 Å². The highest BCUT2D eigenvalue weighted by atomic mass is 16.5. The molecule has 0 radical (unpaired) electrons. The molecule has 0 aliphatic carbocycles. The van der Waals surface area contributed by atoms with Gasteiger partial charge in [0.1, 0.15) is 5.75 Å². The fourth-order valence-corrected chi connectivity index (χ4v) is 3.09. The molecule has 0 saturated carbocycles.